The smallest absolute Gasteiger partial charge is 0.154 e. The maximum atomic E-state index is 5.36. The van der Waals surface area contributed by atoms with Crippen molar-refractivity contribution >= 4 is 22.7 Å². The summed E-state index contributed by atoms with van der Waals surface area (Å²) in [5.74, 6) is 1.78. The van der Waals surface area contributed by atoms with Gasteiger partial charge in [-0.15, -0.1) is 5.10 Å². The molecule has 35 heavy (non-hydrogen) atoms. The Morgan fingerprint density at radius 1 is 1.00 bits per heavy atom. The van der Waals surface area contributed by atoms with Gasteiger partial charge in [0, 0.05) is 48.6 Å². The summed E-state index contributed by atoms with van der Waals surface area (Å²) in [5.41, 5.74) is 5.33. The second-order valence-corrected chi connectivity index (χ2v) is 10.2. The minimum Gasteiger partial charge on any atom is -0.380 e. The second kappa shape index (κ2) is 8.98. The highest BCUT2D eigenvalue weighted by atomic mass is 16.5. The largest absolute Gasteiger partial charge is 0.380 e. The van der Waals surface area contributed by atoms with E-state index in [1.54, 1.807) is 6.20 Å². The van der Waals surface area contributed by atoms with Crippen LogP contribution >= 0.6 is 0 Å². The van der Waals surface area contributed by atoms with Crippen molar-refractivity contribution in [1.82, 2.24) is 34.8 Å². The highest BCUT2D eigenvalue weighted by Crippen LogP contribution is 2.37. The molecule has 0 radical (unpaired) electrons. The molecule has 2 fully saturated rings. The molecule has 0 amide bonds. The normalized spacial score (nSPS) is 17.0. The zero-order valence-electron chi connectivity index (χ0n) is 20.2. The molecule has 6 rings (SSSR count). The number of aromatic nitrogens is 6. The molecule has 4 aromatic heterocycles. The Morgan fingerprint density at radius 2 is 1.89 bits per heavy atom. The average Bonchev–Trinajstić information content (AvgIpc) is 3.28. The molecule has 9 heteroatoms. The van der Waals surface area contributed by atoms with E-state index in [1.165, 1.54) is 13.1 Å². The standard InChI is InChI=1S/C26H30N8O/c1-18(2)19-9-25(32-28-11-19)31-24-5-4-22-23(30-24)8-20(10-27-22)21-12-29-34(13-21)7-3-6-33-14-26(15-33)16-35-17-26/h4-5,8-13,18H,3,6-7,14-17H2,1-2H3,(H,30,31,32). The molecule has 1 spiro atoms. The first kappa shape index (κ1) is 22.1. The van der Waals surface area contributed by atoms with Gasteiger partial charge in [-0.25, -0.2) is 4.98 Å². The van der Waals surface area contributed by atoms with Gasteiger partial charge in [0.15, 0.2) is 5.82 Å². The van der Waals surface area contributed by atoms with Gasteiger partial charge in [-0.2, -0.15) is 10.2 Å². The number of nitrogens with one attached hydrogen (secondary N) is 1. The third kappa shape index (κ3) is 4.61. The molecule has 9 nitrogen and oxygen atoms in total. The van der Waals surface area contributed by atoms with E-state index in [2.05, 4.69) is 56.6 Å². The molecule has 1 N–H and O–H groups in total. The van der Waals surface area contributed by atoms with E-state index < -0.39 is 0 Å². The topological polar surface area (TPSA) is 93.9 Å². The van der Waals surface area contributed by atoms with Gasteiger partial charge >= 0.3 is 0 Å². The van der Waals surface area contributed by atoms with Crippen LogP contribution in [0.15, 0.2) is 49.1 Å². The summed E-state index contributed by atoms with van der Waals surface area (Å²) < 4.78 is 7.38. The van der Waals surface area contributed by atoms with Gasteiger partial charge < -0.3 is 15.0 Å². The van der Waals surface area contributed by atoms with Crippen LogP contribution in [0.5, 0.6) is 0 Å². The van der Waals surface area contributed by atoms with Gasteiger partial charge in [-0.1, -0.05) is 13.8 Å². The third-order valence-electron chi connectivity index (χ3n) is 6.90. The van der Waals surface area contributed by atoms with Crippen LogP contribution in [-0.2, 0) is 11.3 Å². The molecule has 0 atom stereocenters. The van der Waals surface area contributed by atoms with Crippen molar-refractivity contribution in [2.45, 2.75) is 32.7 Å². The number of fused-ring (bicyclic) bond motifs is 1. The molecule has 2 aliphatic rings. The van der Waals surface area contributed by atoms with Gasteiger partial charge in [0.05, 0.1) is 36.6 Å². The van der Waals surface area contributed by atoms with Gasteiger partial charge in [0.2, 0.25) is 0 Å². The Balaban J connectivity index is 1.11. The zero-order valence-corrected chi connectivity index (χ0v) is 20.2. The Bertz CT molecular complexity index is 1340. The molecular formula is C26H30N8O. The predicted octanol–water partition coefficient (Wildman–Crippen LogP) is 3.87. The number of anilines is 2. The average molecular weight is 471 g/mol. The SMILES string of the molecule is CC(C)c1cnnc(Nc2ccc3ncc(-c4cnn(CCCN5CC6(COC6)C5)c4)cc3n2)c1. The molecule has 0 aromatic carbocycles. The Kier molecular flexibility index (Phi) is 5.66. The van der Waals surface area contributed by atoms with E-state index in [0.717, 1.165) is 60.4 Å². The summed E-state index contributed by atoms with van der Waals surface area (Å²) in [6.45, 7) is 10.5. The highest BCUT2D eigenvalue weighted by molar-refractivity contribution is 5.81. The van der Waals surface area contributed by atoms with Crippen molar-refractivity contribution in [1.29, 1.82) is 0 Å². The van der Waals surface area contributed by atoms with Crippen LogP contribution in [0.2, 0.25) is 0 Å². The molecule has 0 bridgehead atoms. The van der Waals surface area contributed by atoms with E-state index in [4.69, 9.17) is 9.72 Å². The molecule has 2 aliphatic heterocycles. The first-order valence-electron chi connectivity index (χ1n) is 12.2. The second-order valence-electron chi connectivity index (χ2n) is 10.2. The van der Waals surface area contributed by atoms with Crippen molar-refractivity contribution in [2.75, 3.05) is 38.2 Å². The van der Waals surface area contributed by atoms with Crippen molar-refractivity contribution in [2.24, 2.45) is 5.41 Å². The zero-order chi connectivity index (χ0) is 23.8. The first-order chi connectivity index (χ1) is 17.1. The Hall–Kier alpha value is -3.43. The summed E-state index contributed by atoms with van der Waals surface area (Å²) in [5, 5.41) is 16.1. The molecular weight excluding hydrogens is 440 g/mol. The lowest BCUT2D eigenvalue weighted by molar-refractivity contribution is -0.188. The minimum absolute atomic E-state index is 0.383. The van der Waals surface area contributed by atoms with Crippen LogP contribution < -0.4 is 5.32 Å². The maximum Gasteiger partial charge on any atom is 0.154 e. The summed E-state index contributed by atoms with van der Waals surface area (Å²) in [4.78, 5) is 11.9. The Labute approximate surface area is 204 Å². The summed E-state index contributed by atoms with van der Waals surface area (Å²) in [6.07, 6.45) is 8.77. The molecule has 0 unspecified atom stereocenters. The molecule has 4 aromatic rings. The third-order valence-corrected chi connectivity index (χ3v) is 6.90. The number of likely N-dealkylation sites (tertiary alicyclic amines) is 1. The van der Waals surface area contributed by atoms with Crippen LogP contribution in [0.1, 0.15) is 31.7 Å². The van der Waals surface area contributed by atoms with Gasteiger partial charge in [-0.05, 0) is 48.7 Å². The number of pyridine rings is 2. The van der Waals surface area contributed by atoms with Gasteiger partial charge in [0.1, 0.15) is 5.82 Å². The minimum atomic E-state index is 0.383. The number of hydrogen-bond acceptors (Lipinski definition) is 8. The van der Waals surface area contributed by atoms with Gasteiger partial charge in [0.25, 0.3) is 0 Å². The molecule has 2 saturated heterocycles. The van der Waals surface area contributed by atoms with Crippen molar-refractivity contribution in [3.63, 3.8) is 0 Å². The monoisotopic (exact) mass is 470 g/mol. The van der Waals surface area contributed by atoms with Crippen LogP contribution in [0.3, 0.4) is 0 Å². The summed E-state index contributed by atoms with van der Waals surface area (Å²) in [6, 6.07) is 7.95. The predicted molar refractivity (Wildman–Crippen MR) is 134 cm³/mol. The van der Waals surface area contributed by atoms with Crippen LogP contribution in [0.25, 0.3) is 22.2 Å². The van der Waals surface area contributed by atoms with Crippen molar-refractivity contribution in [3.8, 4) is 11.1 Å². The molecule has 0 saturated carbocycles. The fraction of sp³-hybridized carbons (Fsp3) is 0.423. The van der Waals surface area contributed by atoms with E-state index in [0.29, 0.717) is 23.0 Å². The fourth-order valence-electron chi connectivity index (χ4n) is 4.85. The van der Waals surface area contributed by atoms with E-state index in [-0.39, 0.29) is 0 Å². The summed E-state index contributed by atoms with van der Waals surface area (Å²) >= 11 is 0. The van der Waals surface area contributed by atoms with Gasteiger partial charge in [-0.3, -0.25) is 9.67 Å². The van der Waals surface area contributed by atoms with Crippen LogP contribution in [-0.4, -0.2) is 67.7 Å². The number of hydrogen-bond donors (Lipinski definition) is 1. The number of ether oxygens (including phenoxy) is 1. The number of aryl methyl sites for hydroxylation is 1. The quantitative estimate of drug-likeness (QED) is 0.415. The van der Waals surface area contributed by atoms with Crippen molar-refractivity contribution < 1.29 is 4.74 Å². The van der Waals surface area contributed by atoms with E-state index in [9.17, 15) is 0 Å². The van der Waals surface area contributed by atoms with Crippen LogP contribution in [0, 0.1) is 5.41 Å². The lowest BCUT2D eigenvalue weighted by Gasteiger charge is -2.55. The van der Waals surface area contributed by atoms with E-state index in [1.807, 2.05) is 35.3 Å². The number of nitrogens with zero attached hydrogens (tertiary/aromatic N) is 7. The van der Waals surface area contributed by atoms with E-state index >= 15 is 0 Å². The lowest BCUT2D eigenvalue weighted by Crippen LogP contribution is -2.65. The fourth-order valence-corrected chi connectivity index (χ4v) is 4.85. The summed E-state index contributed by atoms with van der Waals surface area (Å²) in [7, 11) is 0. The first-order valence-corrected chi connectivity index (χ1v) is 12.2. The maximum absolute atomic E-state index is 5.36. The molecule has 180 valence electrons. The molecule has 0 aliphatic carbocycles. The van der Waals surface area contributed by atoms with Crippen LogP contribution in [0.4, 0.5) is 11.6 Å². The Morgan fingerprint density at radius 3 is 2.69 bits per heavy atom. The molecule has 6 heterocycles. The lowest BCUT2D eigenvalue weighted by atomic mass is 9.78. The highest BCUT2D eigenvalue weighted by Gasteiger charge is 2.48. The van der Waals surface area contributed by atoms with Crippen molar-refractivity contribution in [3.05, 3.63) is 54.6 Å². The number of rotatable bonds is 8.